The number of para-hydroxylation sites is 1. The Hall–Kier alpha value is -1.84. The number of esters is 1. The zero-order chi connectivity index (χ0) is 15.8. The molecule has 1 aromatic heterocycles. The topological polar surface area (TPSA) is 31.2 Å². The molecule has 1 aromatic carbocycles. The van der Waals surface area contributed by atoms with Crippen molar-refractivity contribution in [3.8, 4) is 0 Å². The number of ether oxygens (including phenoxy) is 1. The predicted octanol–water partition coefficient (Wildman–Crippen LogP) is 4.74. The van der Waals surface area contributed by atoms with Gasteiger partial charge in [-0.3, -0.25) is 4.39 Å². The molecule has 0 radical (unpaired) electrons. The summed E-state index contributed by atoms with van der Waals surface area (Å²) in [6.07, 6.45) is 6.13. The van der Waals surface area contributed by atoms with E-state index in [9.17, 15) is 9.18 Å². The maximum Gasteiger partial charge on any atom is 0.340 e. The van der Waals surface area contributed by atoms with Gasteiger partial charge in [0.25, 0.3) is 0 Å². The van der Waals surface area contributed by atoms with E-state index in [0.29, 0.717) is 18.6 Å². The molecule has 0 unspecified atom stereocenters. The highest BCUT2D eigenvalue weighted by atomic mass is 19.1. The molecule has 2 aromatic rings. The third-order valence-corrected chi connectivity index (χ3v) is 3.77. The fraction of sp³-hybridized carbons (Fsp3) is 0.500. The van der Waals surface area contributed by atoms with E-state index in [2.05, 4.69) is 11.5 Å². The smallest absolute Gasteiger partial charge is 0.340 e. The number of unbranched alkanes of at least 4 members (excludes halogenated alkanes) is 3. The standard InChI is InChI=1S/C18H24FNO2/c1-2-3-13-22-18(21)16-14-20(12-8-4-7-11-19)17-10-6-5-9-15(16)17/h5-6,9-10,14H,2-4,7-8,11-13H2,1H3. The molecule has 0 aliphatic carbocycles. The Balaban J connectivity index is 2.14. The van der Waals surface area contributed by atoms with Crippen LogP contribution in [0.25, 0.3) is 10.9 Å². The number of carbonyl (C=O) groups excluding carboxylic acids is 1. The van der Waals surface area contributed by atoms with Crippen LogP contribution >= 0.6 is 0 Å². The number of aryl methyl sites for hydroxylation is 1. The molecule has 0 spiro atoms. The maximum atomic E-state index is 12.2. The Labute approximate surface area is 131 Å². The fourth-order valence-electron chi connectivity index (χ4n) is 2.53. The molecule has 0 saturated heterocycles. The second-order valence-electron chi connectivity index (χ2n) is 5.49. The van der Waals surface area contributed by atoms with Crippen molar-refractivity contribution < 1.29 is 13.9 Å². The van der Waals surface area contributed by atoms with Crippen molar-refractivity contribution in [2.45, 2.75) is 45.6 Å². The van der Waals surface area contributed by atoms with Crippen LogP contribution < -0.4 is 0 Å². The molecule has 0 atom stereocenters. The van der Waals surface area contributed by atoms with Crippen LogP contribution in [0.4, 0.5) is 4.39 Å². The van der Waals surface area contributed by atoms with E-state index in [1.807, 2.05) is 30.5 Å². The molecule has 0 fully saturated rings. The van der Waals surface area contributed by atoms with Gasteiger partial charge in [-0.1, -0.05) is 31.5 Å². The Morgan fingerprint density at radius 2 is 2.00 bits per heavy atom. The van der Waals surface area contributed by atoms with Gasteiger partial charge in [0.2, 0.25) is 0 Å². The predicted molar refractivity (Wildman–Crippen MR) is 87.0 cm³/mol. The number of benzene rings is 1. The number of fused-ring (bicyclic) bond motifs is 1. The lowest BCUT2D eigenvalue weighted by Crippen LogP contribution is -2.06. The largest absolute Gasteiger partial charge is 0.462 e. The molecule has 3 nitrogen and oxygen atoms in total. The van der Waals surface area contributed by atoms with Crippen LogP contribution in [0.5, 0.6) is 0 Å². The Bertz CT molecular complexity index is 606. The summed E-state index contributed by atoms with van der Waals surface area (Å²) in [7, 11) is 0. The average Bonchev–Trinajstić information content (AvgIpc) is 2.91. The van der Waals surface area contributed by atoms with E-state index < -0.39 is 0 Å². The summed E-state index contributed by atoms with van der Waals surface area (Å²) in [5.41, 5.74) is 1.65. The van der Waals surface area contributed by atoms with Gasteiger partial charge in [-0.05, 0) is 31.7 Å². The summed E-state index contributed by atoms with van der Waals surface area (Å²) in [6, 6.07) is 7.85. The zero-order valence-electron chi connectivity index (χ0n) is 13.2. The average molecular weight is 305 g/mol. The molecule has 0 aliphatic rings. The van der Waals surface area contributed by atoms with Crippen LogP contribution in [0.1, 0.15) is 49.4 Å². The van der Waals surface area contributed by atoms with Gasteiger partial charge >= 0.3 is 5.97 Å². The monoisotopic (exact) mass is 305 g/mol. The minimum Gasteiger partial charge on any atom is -0.462 e. The number of hydrogen-bond donors (Lipinski definition) is 0. The van der Waals surface area contributed by atoms with Crippen molar-refractivity contribution >= 4 is 16.9 Å². The summed E-state index contributed by atoms with van der Waals surface area (Å²) in [4.78, 5) is 12.2. The molecule has 120 valence electrons. The van der Waals surface area contributed by atoms with Crippen LogP contribution in [0, 0.1) is 0 Å². The van der Waals surface area contributed by atoms with Gasteiger partial charge in [-0.25, -0.2) is 4.79 Å². The van der Waals surface area contributed by atoms with E-state index >= 15 is 0 Å². The van der Waals surface area contributed by atoms with Crippen LogP contribution in [-0.4, -0.2) is 23.8 Å². The Morgan fingerprint density at radius 1 is 1.18 bits per heavy atom. The van der Waals surface area contributed by atoms with Crippen molar-refractivity contribution in [1.82, 2.24) is 4.57 Å². The van der Waals surface area contributed by atoms with Crippen LogP contribution in [-0.2, 0) is 11.3 Å². The molecule has 0 saturated carbocycles. The molecule has 0 amide bonds. The van der Waals surface area contributed by atoms with Crippen LogP contribution in [0.2, 0.25) is 0 Å². The summed E-state index contributed by atoms with van der Waals surface area (Å²) < 4.78 is 19.6. The summed E-state index contributed by atoms with van der Waals surface area (Å²) in [5.74, 6) is -0.257. The molecule has 2 rings (SSSR count). The van der Waals surface area contributed by atoms with Crippen molar-refractivity contribution in [2.24, 2.45) is 0 Å². The molecular formula is C18H24FNO2. The highest BCUT2D eigenvalue weighted by molar-refractivity contribution is 6.04. The van der Waals surface area contributed by atoms with Gasteiger partial charge in [-0.15, -0.1) is 0 Å². The first-order valence-electron chi connectivity index (χ1n) is 8.09. The lowest BCUT2D eigenvalue weighted by atomic mass is 10.2. The highest BCUT2D eigenvalue weighted by Gasteiger charge is 2.15. The van der Waals surface area contributed by atoms with Gasteiger partial charge in [-0.2, -0.15) is 0 Å². The van der Waals surface area contributed by atoms with Gasteiger partial charge in [0.05, 0.1) is 18.8 Å². The van der Waals surface area contributed by atoms with E-state index in [0.717, 1.165) is 43.1 Å². The molecule has 0 N–H and O–H groups in total. The first-order chi connectivity index (χ1) is 10.8. The maximum absolute atomic E-state index is 12.2. The lowest BCUT2D eigenvalue weighted by Gasteiger charge is -2.04. The van der Waals surface area contributed by atoms with E-state index in [-0.39, 0.29) is 12.6 Å². The van der Waals surface area contributed by atoms with Crippen LogP contribution in [0.15, 0.2) is 30.5 Å². The second-order valence-corrected chi connectivity index (χ2v) is 5.49. The van der Waals surface area contributed by atoms with Crippen molar-refractivity contribution in [3.63, 3.8) is 0 Å². The second kappa shape index (κ2) is 8.57. The number of aromatic nitrogens is 1. The van der Waals surface area contributed by atoms with Gasteiger partial charge in [0.1, 0.15) is 0 Å². The van der Waals surface area contributed by atoms with Crippen molar-refractivity contribution in [2.75, 3.05) is 13.3 Å². The number of halogens is 1. The quantitative estimate of drug-likeness (QED) is 0.495. The Morgan fingerprint density at radius 3 is 2.77 bits per heavy atom. The molecule has 0 bridgehead atoms. The summed E-state index contributed by atoms with van der Waals surface area (Å²) in [6.45, 7) is 3.06. The number of alkyl halides is 1. The van der Waals surface area contributed by atoms with Gasteiger partial charge in [0.15, 0.2) is 0 Å². The SMILES string of the molecule is CCCCOC(=O)c1cn(CCCCCF)c2ccccc12. The lowest BCUT2D eigenvalue weighted by molar-refractivity contribution is 0.0502. The minimum atomic E-state index is -0.262. The van der Waals surface area contributed by atoms with Gasteiger partial charge < -0.3 is 9.30 Å². The van der Waals surface area contributed by atoms with Crippen LogP contribution in [0.3, 0.4) is 0 Å². The van der Waals surface area contributed by atoms with E-state index in [1.165, 1.54) is 0 Å². The van der Waals surface area contributed by atoms with Crippen molar-refractivity contribution in [1.29, 1.82) is 0 Å². The Kier molecular flexibility index (Phi) is 6.44. The minimum absolute atomic E-state index is 0.257. The zero-order valence-corrected chi connectivity index (χ0v) is 13.2. The first-order valence-corrected chi connectivity index (χ1v) is 8.09. The molecule has 1 heterocycles. The van der Waals surface area contributed by atoms with E-state index in [1.54, 1.807) is 0 Å². The molecule has 4 heteroatoms. The summed E-state index contributed by atoms with van der Waals surface area (Å²) in [5, 5.41) is 0.925. The third-order valence-electron chi connectivity index (χ3n) is 3.77. The highest BCUT2D eigenvalue weighted by Crippen LogP contribution is 2.23. The number of nitrogens with zero attached hydrogens (tertiary/aromatic N) is 1. The first kappa shape index (κ1) is 16.5. The third kappa shape index (κ3) is 4.09. The van der Waals surface area contributed by atoms with Crippen molar-refractivity contribution in [3.05, 3.63) is 36.0 Å². The number of carbonyl (C=O) groups is 1. The molecular weight excluding hydrogens is 281 g/mol. The number of hydrogen-bond acceptors (Lipinski definition) is 2. The van der Waals surface area contributed by atoms with Gasteiger partial charge in [0, 0.05) is 23.6 Å². The summed E-state index contributed by atoms with van der Waals surface area (Å²) >= 11 is 0. The number of rotatable bonds is 9. The fourth-order valence-corrected chi connectivity index (χ4v) is 2.53. The molecule has 0 aliphatic heterocycles. The normalized spacial score (nSPS) is 11.0. The van der Waals surface area contributed by atoms with E-state index in [4.69, 9.17) is 4.74 Å². The molecule has 22 heavy (non-hydrogen) atoms.